The summed E-state index contributed by atoms with van der Waals surface area (Å²) in [6.45, 7) is 0. The number of pyridine rings is 1. The van der Waals surface area contributed by atoms with E-state index >= 15 is 0 Å². The number of aliphatic imine (C=N–C) groups is 1. The van der Waals surface area contributed by atoms with Crippen molar-refractivity contribution in [2.45, 2.75) is 6.18 Å². The number of nitriles is 2. The van der Waals surface area contributed by atoms with Crippen LogP contribution in [0.5, 0.6) is 0 Å². The van der Waals surface area contributed by atoms with Crippen molar-refractivity contribution in [3.63, 3.8) is 0 Å². The normalized spacial score (nSPS) is 12.6. The molecule has 0 aliphatic rings. The maximum atomic E-state index is 12.6. The van der Waals surface area contributed by atoms with Gasteiger partial charge in [-0.2, -0.15) is 28.8 Å². The van der Waals surface area contributed by atoms with E-state index < -0.39 is 11.7 Å². The molecular formula is C13H6ClF3N8. The number of aromatic nitrogens is 4. The van der Waals surface area contributed by atoms with E-state index in [1.165, 1.54) is 6.20 Å². The molecule has 12 heteroatoms. The minimum absolute atomic E-state index is 0.123. The van der Waals surface area contributed by atoms with Crippen molar-refractivity contribution in [3.05, 3.63) is 46.1 Å². The summed E-state index contributed by atoms with van der Waals surface area (Å²) in [7, 11) is 0. The van der Waals surface area contributed by atoms with Crippen molar-refractivity contribution in [2.24, 2.45) is 10.7 Å². The van der Waals surface area contributed by atoms with Crippen molar-refractivity contribution in [2.75, 3.05) is 0 Å². The van der Waals surface area contributed by atoms with Crippen LogP contribution >= 0.6 is 11.6 Å². The van der Waals surface area contributed by atoms with Crippen molar-refractivity contribution in [3.8, 4) is 18.0 Å². The molecule has 0 unspecified atom stereocenters. The Bertz CT molecular complexity index is 945. The molecule has 25 heavy (non-hydrogen) atoms. The van der Waals surface area contributed by atoms with E-state index in [-0.39, 0.29) is 27.9 Å². The van der Waals surface area contributed by atoms with Gasteiger partial charge in [0.1, 0.15) is 23.5 Å². The molecule has 2 rings (SSSR count). The van der Waals surface area contributed by atoms with Gasteiger partial charge >= 0.3 is 6.18 Å². The molecule has 2 aromatic heterocycles. The maximum Gasteiger partial charge on any atom is 0.417 e. The van der Waals surface area contributed by atoms with Crippen LogP contribution in [0.1, 0.15) is 11.3 Å². The summed E-state index contributed by atoms with van der Waals surface area (Å²) in [4.78, 5) is 8.18. The molecule has 0 fully saturated rings. The molecule has 0 aliphatic heterocycles. The van der Waals surface area contributed by atoms with E-state index in [2.05, 4.69) is 20.2 Å². The molecule has 0 aromatic carbocycles. The third kappa shape index (κ3) is 4.10. The Labute approximate surface area is 143 Å². The first-order chi connectivity index (χ1) is 11.8. The Kier molecular flexibility index (Phi) is 5.00. The van der Waals surface area contributed by atoms with Gasteiger partial charge in [0, 0.05) is 6.20 Å². The minimum atomic E-state index is -4.58. The van der Waals surface area contributed by atoms with Gasteiger partial charge in [-0.1, -0.05) is 11.6 Å². The fourth-order valence-electron chi connectivity index (χ4n) is 1.51. The van der Waals surface area contributed by atoms with Crippen molar-refractivity contribution < 1.29 is 13.2 Å². The first-order valence-electron chi connectivity index (χ1n) is 6.25. The first kappa shape index (κ1) is 17.9. The second-order valence-corrected chi connectivity index (χ2v) is 4.74. The second kappa shape index (κ2) is 6.98. The average molecular weight is 367 g/mol. The first-order valence-corrected chi connectivity index (χ1v) is 6.63. The van der Waals surface area contributed by atoms with E-state index in [4.69, 9.17) is 27.9 Å². The Morgan fingerprint density at radius 1 is 1.32 bits per heavy atom. The molecule has 0 atom stereocenters. The zero-order chi connectivity index (χ0) is 18.6. The zero-order valence-corrected chi connectivity index (χ0v) is 12.8. The van der Waals surface area contributed by atoms with Crippen LogP contribution in [0.4, 0.5) is 13.2 Å². The monoisotopic (exact) mass is 366 g/mol. The molecule has 0 radical (unpaired) electrons. The Balaban J connectivity index is 2.31. The molecular weight excluding hydrogens is 361 g/mol. The van der Waals surface area contributed by atoms with Crippen molar-refractivity contribution in [1.29, 1.82) is 10.5 Å². The lowest BCUT2D eigenvalue weighted by Crippen LogP contribution is -2.09. The quantitative estimate of drug-likeness (QED) is 0.653. The number of nitrogens with zero attached hydrogens (tertiary/aromatic N) is 7. The predicted molar refractivity (Wildman–Crippen MR) is 79.2 cm³/mol. The smallest absolute Gasteiger partial charge is 0.388 e. The molecule has 0 bridgehead atoms. The summed E-state index contributed by atoms with van der Waals surface area (Å²) < 4.78 is 37.8. The summed E-state index contributed by atoms with van der Waals surface area (Å²) >= 11 is 5.79. The highest BCUT2D eigenvalue weighted by Gasteiger charge is 2.31. The molecule has 0 saturated heterocycles. The van der Waals surface area contributed by atoms with Gasteiger partial charge in [0.15, 0.2) is 11.5 Å². The molecule has 2 aromatic rings. The number of nitrogens with two attached hydrogens (primary N) is 1. The topological polar surface area (TPSA) is 130 Å². The maximum absolute atomic E-state index is 12.6. The van der Waals surface area contributed by atoms with Gasteiger partial charge in [-0.25, -0.2) is 9.98 Å². The van der Waals surface area contributed by atoms with Crippen LogP contribution in [0.2, 0.25) is 5.02 Å². The third-order valence-electron chi connectivity index (χ3n) is 2.66. The van der Waals surface area contributed by atoms with Gasteiger partial charge in [0.05, 0.1) is 23.0 Å². The largest absolute Gasteiger partial charge is 0.417 e. The number of hydrogen-bond donors (Lipinski definition) is 1. The molecule has 0 saturated carbocycles. The van der Waals surface area contributed by atoms with Gasteiger partial charge in [-0.05, 0) is 6.07 Å². The third-order valence-corrected chi connectivity index (χ3v) is 2.93. The standard InChI is InChI=1S/C13H6ClF3N8/c14-9-1-7(13(15,16)17)4-22-12(9)25-23-6-8(24-25)5-21-11(3-19)10(20)2-18/h1,4-6H,20H2/b11-10-,21-5?. The van der Waals surface area contributed by atoms with E-state index in [0.717, 1.165) is 11.0 Å². The molecule has 8 nitrogen and oxygen atoms in total. The van der Waals surface area contributed by atoms with Crippen LogP contribution < -0.4 is 5.73 Å². The summed E-state index contributed by atoms with van der Waals surface area (Å²) in [5, 5.41) is 24.8. The van der Waals surface area contributed by atoms with Crippen LogP contribution in [-0.4, -0.2) is 26.2 Å². The molecule has 0 amide bonds. The number of halogens is 4. The van der Waals surface area contributed by atoms with Crippen LogP contribution in [0.25, 0.3) is 5.82 Å². The lowest BCUT2D eigenvalue weighted by molar-refractivity contribution is -0.137. The van der Waals surface area contributed by atoms with Gasteiger partial charge in [0.25, 0.3) is 0 Å². The minimum Gasteiger partial charge on any atom is -0.388 e. The van der Waals surface area contributed by atoms with Gasteiger partial charge in [-0.15, -0.1) is 9.90 Å². The number of hydrogen-bond acceptors (Lipinski definition) is 7. The van der Waals surface area contributed by atoms with E-state index in [1.54, 1.807) is 12.1 Å². The lowest BCUT2D eigenvalue weighted by atomic mass is 10.3. The number of rotatable bonds is 3. The summed E-state index contributed by atoms with van der Waals surface area (Å²) in [5.74, 6) is -0.123. The highest BCUT2D eigenvalue weighted by molar-refractivity contribution is 6.32. The lowest BCUT2D eigenvalue weighted by Gasteiger charge is -2.08. The van der Waals surface area contributed by atoms with Crippen LogP contribution in [-0.2, 0) is 6.18 Å². The number of allylic oxidation sites excluding steroid dienone is 2. The van der Waals surface area contributed by atoms with Crippen molar-refractivity contribution >= 4 is 17.8 Å². The summed E-state index contributed by atoms with van der Waals surface area (Å²) in [5.41, 5.74) is 3.71. The van der Waals surface area contributed by atoms with Gasteiger partial charge in [0.2, 0.25) is 0 Å². The van der Waals surface area contributed by atoms with E-state index in [1.807, 2.05) is 0 Å². The van der Waals surface area contributed by atoms with Crippen LogP contribution in [0.3, 0.4) is 0 Å². The van der Waals surface area contributed by atoms with Crippen molar-refractivity contribution in [1.82, 2.24) is 20.0 Å². The molecule has 126 valence electrons. The Hall–Kier alpha value is -3.44. The predicted octanol–water partition coefficient (Wildman–Crippen LogP) is 1.97. The molecule has 2 heterocycles. The SMILES string of the molecule is N#C/C(N)=C(\C#N)N=Cc1cnn(-c2ncc(C(F)(F)F)cc2Cl)n1. The van der Waals surface area contributed by atoms with Crippen LogP contribution in [0.15, 0.2) is 34.8 Å². The Morgan fingerprint density at radius 2 is 2.04 bits per heavy atom. The summed E-state index contributed by atoms with van der Waals surface area (Å²) in [6, 6.07) is 3.90. The summed E-state index contributed by atoms with van der Waals surface area (Å²) in [6.07, 6.45) is -1.67. The highest BCUT2D eigenvalue weighted by Crippen LogP contribution is 2.31. The van der Waals surface area contributed by atoms with Gasteiger partial charge in [-0.3, -0.25) is 0 Å². The molecule has 0 spiro atoms. The van der Waals surface area contributed by atoms with Gasteiger partial charge < -0.3 is 5.73 Å². The Morgan fingerprint density at radius 3 is 2.60 bits per heavy atom. The molecule has 2 N–H and O–H groups in total. The van der Waals surface area contributed by atoms with E-state index in [0.29, 0.717) is 12.3 Å². The van der Waals surface area contributed by atoms with E-state index in [9.17, 15) is 13.2 Å². The van der Waals surface area contributed by atoms with Crippen LogP contribution in [0, 0.1) is 22.7 Å². The second-order valence-electron chi connectivity index (χ2n) is 4.33. The fourth-order valence-corrected chi connectivity index (χ4v) is 1.75. The average Bonchev–Trinajstić information content (AvgIpc) is 3.02. The highest BCUT2D eigenvalue weighted by atomic mass is 35.5. The zero-order valence-electron chi connectivity index (χ0n) is 12.0. The molecule has 0 aliphatic carbocycles. The fraction of sp³-hybridized carbons (Fsp3) is 0.0769. The number of alkyl halides is 3.